The van der Waals surface area contributed by atoms with Crippen LogP contribution in [0.15, 0.2) is 36.7 Å². The van der Waals surface area contributed by atoms with Gasteiger partial charge in [0.05, 0.1) is 12.3 Å². The predicted molar refractivity (Wildman–Crippen MR) is 107 cm³/mol. The first-order valence-electron chi connectivity index (χ1n) is 9.54. The SMILES string of the molecule is CCOc1ccc(Nc2nn3ccnc3c(N)c2[C@H]2CC[C@@H](N)CC2)cc1. The van der Waals surface area contributed by atoms with Crippen LogP contribution >= 0.6 is 0 Å². The first kappa shape index (κ1) is 17.6. The molecule has 1 aromatic carbocycles. The number of hydrogen-bond acceptors (Lipinski definition) is 6. The van der Waals surface area contributed by atoms with E-state index in [0.717, 1.165) is 48.5 Å². The molecule has 0 saturated heterocycles. The zero-order valence-electron chi connectivity index (χ0n) is 15.6. The lowest BCUT2D eigenvalue weighted by Gasteiger charge is -2.28. The number of anilines is 3. The van der Waals surface area contributed by atoms with Crippen molar-refractivity contribution >= 4 is 22.8 Å². The van der Waals surface area contributed by atoms with Crippen LogP contribution in [0.5, 0.6) is 5.75 Å². The van der Waals surface area contributed by atoms with E-state index < -0.39 is 0 Å². The molecule has 0 radical (unpaired) electrons. The number of nitrogens with two attached hydrogens (primary N) is 2. The molecule has 0 amide bonds. The van der Waals surface area contributed by atoms with Gasteiger partial charge < -0.3 is 21.5 Å². The Bertz CT molecular complexity index is 912. The monoisotopic (exact) mass is 366 g/mol. The Morgan fingerprint density at radius 3 is 2.63 bits per heavy atom. The molecule has 4 rings (SSSR count). The average molecular weight is 366 g/mol. The van der Waals surface area contributed by atoms with Crippen LogP contribution in [0.2, 0.25) is 0 Å². The highest BCUT2D eigenvalue weighted by molar-refractivity contribution is 5.76. The topological polar surface area (TPSA) is 103 Å². The summed E-state index contributed by atoms with van der Waals surface area (Å²) in [4.78, 5) is 4.38. The summed E-state index contributed by atoms with van der Waals surface area (Å²) in [6, 6.07) is 8.16. The van der Waals surface area contributed by atoms with Crippen molar-refractivity contribution < 1.29 is 4.74 Å². The second kappa shape index (κ2) is 7.44. The molecule has 0 spiro atoms. The van der Waals surface area contributed by atoms with E-state index in [1.165, 1.54) is 0 Å². The lowest BCUT2D eigenvalue weighted by molar-refractivity contribution is 0.340. The summed E-state index contributed by atoms with van der Waals surface area (Å²) in [6.07, 6.45) is 7.58. The quantitative estimate of drug-likeness (QED) is 0.639. The highest BCUT2D eigenvalue weighted by Crippen LogP contribution is 2.40. The van der Waals surface area contributed by atoms with E-state index >= 15 is 0 Å². The fourth-order valence-electron chi connectivity index (χ4n) is 3.83. The maximum absolute atomic E-state index is 6.53. The second-order valence-electron chi connectivity index (χ2n) is 7.07. The minimum Gasteiger partial charge on any atom is -0.494 e. The van der Waals surface area contributed by atoms with Crippen LogP contribution in [0, 0.1) is 0 Å². The van der Waals surface area contributed by atoms with Gasteiger partial charge >= 0.3 is 0 Å². The fraction of sp³-hybridized carbons (Fsp3) is 0.400. The highest BCUT2D eigenvalue weighted by Gasteiger charge is 2.27. The molecule has 27 heavy (non-hydrogen) atoms. The summed E-state index contributed by atoms with van der Waals surface area (Å²) in [7, 11) is 0. The molecule has 0 aliphatic heterocycles. The first-order chi connectivity index (χ1) is 13.2. The van der Waals surface area contributed by atoms with Crippen LogP contribution in [0.4, 0.5) is 17.2 Å². The van der Waals surface area contributed by atoms with Gasteiger partial charge in [-0.05, 0) is 62.8 Å². The van der Waals surface area contributed by atoms with Gasteiger partial charge in [-0.1, -0.05) is 0 Å². The number of fused-ring (bicyclic) bond motifs is 1. The summed E-state index contributed by atoms with van der Waals surface area (Å²) in [5.74, 6) is 1.97. The molecule has 1 aliphatic rings. The number of nitrogens with zero attached hydrogens (tertiary/aromatic N) is 3. The molecule has 7 heteroatoms. The summed E-state index contributed by atoms with van der Waals surface area (Å²) in [5.41, 5.74) is 16.0. The Kier molecular flexibility index (Phi) is 4.85. The number of rotatable bonds is 5. The summed E-state index contributed by atoms with van der Waals surface area (Å²) in [6.45, 7) is 2.62. The molecule has 0 unspecified atom stereocenters. The van der Waals surface area contributed by atoms with Gasteiger partial charge in [0.25, 0.3) is 0 Å². The summed E-state index contributed by atoms with van der Waals surface area (Å²) >= 11 is 0. The lowest BCUT2D eigenvalue weighted by atomic mass is 9.81. The van der Waals surface area contributed by atoms with Crippen LogP contribution in [0.3, 0.4) is 0 Å². The van der Waals surface area contributed by atoms with E-state index in [2.05, 4.69) is 10.3 Å². The largest absolute Gasteiger partial charge is 0.494 e. The van der Waals surface area contributed by atoms with Crippen molar-refractivity contribution in [1.82, 2.24) is 14.6 Å². The van der Waals surface area contributed by atoms with E-state index in [4.69, 9.17) is 21.3 Å². The van der Waals surface area contributed by atoms with Crippen molar-refractivity contribution in [2.45, 2.75) is 44.6 Å². The number of benzene rings is 1. The lowest BCUT2D eigenvalue weighted by Crippen LogP contribution is -2.26. The molecule has 1 saturated carbocycles. The van der Waals surface area contributed by atoms with Crippen LogP contribution < -0.4 is 21.5 Å². The number of nitrogens with one attached hydrogen (secondary N) is 1. The third kappa shape index (κ3) is 3.55. The predicted octanol–water partition coefficient (Wildman–Crippen LogP) is 3.44. The van der Waals surface area contributed by atoms with Crippen LogP contribution in [-0.4, -0.2) is 27.2 Å². The van der Waals surface area contributed by atoms with E-state index in [-0.39, 0.29) is 6.04 Å². The molecule has 3 aromatic rings. The number of nitrogen functional groups attached to an aromatic ring is 1. The number of ether oxygens (including phenoxy) is 1. The van der Waals surface area contributed by atoms with Gasteiger partial charge in [0, 0.05) is 29.7 Å². The molecule has 0 atom stereocenters. The fourth-order valence-corrected chi connectivity index (χ4v) is 3.83. The Morgan fingerprint density at radius 2 is 1.93 bits per heavy atom. The van der Waals surface area contributed by atoms with Crippen LogP contribution in [0.25, 0.3) is 5.65 Å². The molecule has 142 valence electrons. The van der Waals surface area contributed by atoms with Gasteiger partial charge in [-0.25, -0.2) is 9.50 Å². The van der Waals surface area contributed by atoms with Gasteiger partial charge in [-0.15, -0.1) is 5.10 Å². The molecule has 2 aromatic heterocycles. The zero-order chi connectivity index (χ0) is 18.8. The van der Waals surface area contributed by atoms with Crippen molar-refractivity contribution in [2.24, 2.45) is 5.73 Å². The van der Waals surface area contributed by atoms with Gasteiger partial charge in [0.2, 0.25) is 0 Å². The Balaban J connectivity index is 1.70. The van der Waals surface area contributed by atoms with Crippen LogP contribution in [-0.2, 0) is 0 Å². The number of hydrogen-bond donors (Lipinski definition) is 3. The third-order valence-electron chi connectivity index (χ3n) is 5.22. The molecule has 7 nitrogen and oxygen atoms in total. The highest BCUT2D eigenvalue weighted by atomic mass is 16.5. The van der Waals surface area contributed by atoms with Crippen molar-refractivity contribution in [3.8, 4) is 5.75 Å². The third-order valence-corrected chi connectivity index (χ3v) is 5.22. The molecular weight excluding hydrogens is 340 g/mol. The normalized spacial score (nSPS) is 19.9. The van der Waals surface area contributed by atoms with Gasteiger partial charge in [0.1, 0.15) is 5.75 Å². The Hall–Kier alpha value is -2.80. The van der Waals surface area contributed by atoms with Crippen molar-refractivity contribution in [3.63, 3.8) is 0 Å². The maximum atomic E-state index is 6.53. The average Bonchev–Trinajstić information content (AvgIpc) is 3.14. The Morgan fingerprint density at radius 1 is 1.19 bits per heavy atom. The number of imidazole rings is 1. The van der Waals surface area contributed by atoms with Crippen molar-refractivity contribution in [2.75, 3.05) is 17.7 Å². The summed E-state index contributed by atoms with van der Waals surface area (Å²) in [5, 5.41) is 8.19. The summed E-state index contributed by atoms with van der Waals surface area (Å²) < 4.78 is 7.25. The second-order valence-corrected chi connectivity index (χ2v) is 7.07. The van der Waals surface area contributed by atoms with E-state index in [1.807, 2.05) is 37.4 Å². The van der Waals surface area contributed by atoms with E-state index in [9.17, 15) is 0 Å². The molecule has 5 N–H and O–H groups in total. The van der Waals surface area contributed by atoms with Crippen molar-refractivity contribution in [3.05, 3.63) is 42.2 Å². The standard InChI is InChI=1S/C20H26N6O/c1-2-27-16-9-7-15(8-10-16)24-19-17(13-3-5-14(21)6-4-13)18(22)20-23-11-12-26(20)25-19/h7-14H,2-6,21-22H2,1H3,(H,24,25)/t13-,14+. The molecule has 2 heterocycles. The minimum absolute atomic E-state index is 0.285. The number of aromatic nitrogens is 3. The Labute approximate surface area is 158 Å². The maximum Gasteiger partial charge on any atom is 0.177 e. The molecule has 1 fully saturated rings. The zero-order valence-corrected chi connectivity index (χ0v) is 15.6. The van der Waals surface area contributed by atoms with Gasteiger partial charge in [-0.2, -0.15) is 0 Å². The van der Waals surface area contributed by atoms with E-state index in [1.54, 1.807) is 10.7 Å². The molecule has 0 bridgehead atoms. The molecular formula is C20H26N6O. The minimum atomic E-state index is 0.285. The smallest absolute Gasteiger partial charge is 0.177 e. The van der Waals surface area contributed by atoms with Gasteiger partial charge in [0.15, 0.2) is 11.5 Å². The van der Waals surface area contributed by atoms with Gasteiger partial charge in [-0.3, -0.25) is 0 Å². The van der Waals surface area contributed by atoms with Crippen LogP contribution in [0.1, 0.15) is 44.1 Å². The first-order valence-corrected chi connectivity index (χ1v) is 9.54. The molecule has 1 aliphatic carbocycles. The van der Waals surface area contributed by atoms with E-state index in [0.29, 0.717) is 23.9 Å². The van der Waals surface area contributed by atoms with Crippen molar-refractivity contribution in [1.29, 1.82) is 0 Å².